The van der Waals surface area contributed by atoms with Crippen LogP contribution in [0, 0.1) is 0 Å². The number of nitrogens with zero attached hydrogens (tertiary/aromatic N) is 2. The third-order valence-corrected chi connectivity index (χ3v) is 3.20. The molecule has 2 N–H and O–H groups in total. The normalized spacial score (nSPS) is 18.1. The second kappa shape index (κ2) is 6.87. The van der Waals surface area contributed by atoms with Crippen LogP contribution in [-0.2, 0) is 4.74 Å². The first-order valence-electron chi connectivity index (χ1n) is 6.88. The van der Waals surface area contributed by atoms with Crippen molar-refractivity contribution >= 4 is 12.0 Å². The van der Waals surface area contributed by atoms with Crippen LogP contribution in [0.25, 0.3) is 0 Å². The van der Waals surface area contributed by atoms with Gasteiger partial charge in [0.15, 0.2) is 0 Å². The lowest BCUT2D eigenvalue weighted by Gasteiger charge is -2.32. The van der Waals surface area contributed by atoms with Crippen LogP contribution in [0.2, 0.25) is 0 Å². The van der Waals surface area contributed by atoms with E-state index in [2.05, 4.69) is 15.5 Å². The summed E-state index contributed by atoms with van der Waals surface area (Å²) in [6.07, 6.45) is 1.10. The van der Waals surface area contributed by atoms with Gasteiger partial charge in [-0.2, -0.15) is 5.10 Å². The van der Waals surface area contributed by atoms with Gasteiger partial charge in [-0.3, -0.25) is 9.59 Å². The maximum atomic E-state index is 12.3. The molecule has 1 aliphatic heterocycles. The van der Waals surface area contributed by atoms with E-state index in [0.29, 0.717) is 19.7 Å². The topological polar surface area (TPSA) is 104 Å². The summed E-state index contributed by atoms with van der Waals surface area (Å²) in [6, 6.07) is 2.52. The molecule has 21 heavy (non-hydrogen) atoms. The van der Waals surface area contributed by atoms with Gasteiger partial charge in [0.1, 0.15) is 5.69 Å². The zero-order valence-corrected chi connectivity index (χ0v) is 11.8. The van der Waals surface area contributed by atoms with Gasteiger partial charge in [-0.05, 0) is 25.8 Å². The highest BCUT2D eigenvalue weighted by atomic mass is 16.5. The Labute approximate surface area is 121 Å². The molecule has 1 aromatic rings. The van der Waals surface area contributed by atoms with Crippen LogP contribution in [0.15, 0.2) is 16.9 Å². The summed E-state index contributed by atoms with van der Waals surface area (Å²) in [5.41, 5.74) is -0.168. The lowest BCUT2D eigenvalue weighted by atomic mass is 10.1. The van der Waals surface area contributed by atoms with Gasteiger partial charge in [0, 0.05) is 25.2 Å². The van der Waals surface area contributed by atoms with E-state index in [1.54, 1.807) is 11.8 Å². The minimum absolute atomic E-state index is 0.135. The molecule has 2 amide bonds. The summed E-state index contributed by atoms with van der Waals surface area (Å²) in [5.74, 6) is -0.262. The first kappa shape index (κ1) is 15.0. The molecule has 0 spiro atoms. The Morgan fingerprint density at radius 1 is 1.52 bits per heavy atom. The highest BCUT2D eigenvalue weighted by Gasteiger charge is 2.26. The molecule has 1 aromatic heterocycles. The molecule has 0 radical (unpaired) electrons. The number of rotatable bonds is 3. The van der Waals surface area contributed by atoms with Gasteiger partial charge in [-0.15, -0.1) is 0 Å². The maximum Gasteiger partial charge on any atom is 0.407 e. The number of carbonyl (C=O) groups excluding carboxylic acids is 2. The van der Waals surface area contributed by atoms with Crippen LogP contribution in [0.4, 0.5) is 4.79 Å². The Morgan fingerprint density at radius 3 is 3.00 bits per heavy atom. The van der Waals surface area contributed by atoms with E-state index in [1.165, 1.54) is 12.1 Å². The number of piperidine rings is 1. The molecule has 0 aromatic carbocycles. The second-order valence-corrected chi connectivity index (χ2v) is 4.76. The monoisotopic (exact) mass is 294 g/mol. The highest BCUT2D eigenvalue weighted by Crippen LogP contribution is 2.12. The third-order valence-electron chi connectivity index (χ3n) is 3.20. The molecule has 2 rings (SSSR count). The number of nitrogens with one attached hydrogen (secondary N) is 2. The summed E-state index contributed by atoms with van der Waals surface area (Å²) < 4.78 is 4.83. The molecular formula is C13H18N4O4. The molecule has 0 bridgehead atoms. The van der Waals surface area contributed by atoms with E-state index in [1.807, 2.05) is 0 Å². The number of likely N-dealkylation sites (tertiary alicyclic amines) is 1. The van der Waals surface area contributed by atoms with Gasteiger partial charge in [0.2, 0.25) is 0 Å². The largest absolute Gasteiger partial charge is 0.450 e. The van der Waals surface area contributed by atoms with Crippen LogP contribution in [0.3, 0.4) is 0 Å². The predicted octanol–water partition coefficient (Wildman–Crippen LogP) is 0.121. The molecule has 2 heterocycles. The highest BCUT2D eigenvalue weighted by molar-refractivity contribution is 5.92. The Balaban J connectivity index is 1.97. The van der Waals surface area contributed by atoms with Crippen LogP contribution in [0.1, 0.15) is 30.3 Å². The molecule has 1 fully saturated rings. The Morgan fingerprint density at radius 2 is 2.33 bits per heavy atom. The van der Waals surface area contributed by atoms with Gasteiger partial charge in [0.25, 0.3) is 11.5 Å². The number of H-pyrrole nitrogens is 1. The minimum atomic E-state index is -0.473. The fourth-order valence-electron chi connectivity index (χ4n) is 2.24. The van der Waals surface area contributed by atoms with Gasteiger partial charge in [-0.25, -0.2) is 9.89 Å². The van der Waals surface area contributed by atoms with E-state index in [4.69, 9.17) is 4.74 Å². The van der Waals surface area contributed by atoms with E-state index in [0.717, 1.165) is 12.8 Å². The molecule has 1 aliphatic rings. The van der Waals surface area contributed by atoms with E-state index >= 15 is 0 Å². The van der Waals surface area contributed by atoms with Crippen molar-refractivity contribution in [3.63, 3.8) is 0 Å². The second-order valence-electron chi connectivity index (χ2n) is 4.76. The van der Waals surface area contributed by atoms with Crippen molar-refractivity contribution in [2.75, 3.05) is 19.7 Å². The van der Waals surface area contributed by atoms with Crippen molar-refractivity contribution in [3.05, 3.63) is 28.2 Å². The Kier molecular flexibility index (Phi) is 4.91. The van der Waals surface area contributed by atoms with Gasteiger partial charge in [-0.1, -0.05) is 0 Å². The fraction of sp³-hybridized carbons (Fsp3) is 0.538. The number of aromatic amines is 1. The average molecular weight is 294 g/mol. The summed E-state index contributed by atoms with van der Waals surface area (Å²) >= 11 is 0. The molecule has 8 heteroatoms. The number of aromatic nitrogens is 2. The molecule has 8 nitrogen and oxygen atoms in total. The SMILES string of the molecule is CCOC(=O)NC1CCCN(C(=O)c2ccc(=O)[nH]n2)C1. The molecule has 1 unspecified atom stereocenters. The molecule has 1 saturated heterocycles. The van der Waals surface area contributed by atoms with Crippen molar-refractivity contribution in [2.45, 2.75) is 25.8 Å². The zero-order valence-electron chi connectivity index (χ0n) is 11.8. The smallest absolute Gasteiger partial charge is 0.407 e. The molecular weight excluding hydrogens is 276 g/mol. The van der Waals surface area contributed by atoms with Crippen molar-refractivity contribution in [1.29, 1.82) is 0 Å². The van der Waals surface area contributed by atoms with Crippen molar-refractivity contribution in [1.82, 2.24) is 20.4 Å². The maximum absolute atomic E-state index is 12.3. The van der Waals surface area contributed by atoms with Crippen LogP contribution < -0.4 is 10.9 Å². The van der Waals surface area contributed by atoms with E-state index in [-0.39, 0.29) is 23.2 Å². The van der Waals surface area contributed by atoms with Crippen LogP contribution in [-0.4, -0.2) is 52.8 Å². The van der Waals surface area contributed by atoms with Crippen LogP contribution in [0.5, 0.6) is 0 Å². The number of hydrogen-bond donors (Lipinski definition) is 2. The first-order valence-corrected chi connectivity index (χ1v) is 6.88. The van der Waals surface area contributed by atoms with E-state index < -0.39 is 6.09 Å². The summed E-state index contributed by atoms with van der Waals surface area (Å²) in [5, 5.41) is 8.70. The molecule has 1 atom stereocenters. The number of carbonyl (C=O) groups is 2. The fourth-order valence-corrected chi connectivity index (χ4v) is 2.24. The number of amides is 2. The number of ether oxygens (including phenoxy) is 1. The molecule has 0 aliphatic carbocycles. The first-order chi connectivity index (χ1) is 10.1. The van der Waals surface area contributed by atoms with Crippen molar-refractivity contribution in [2.24, 2.45) is 0 Å². The predicted molar refractivity (Wildman–Crippen MR) is 73.9 cm³/mol. The molecule has 114 valence electrons. The number of hydrogen-bond acceptors (Lipinski definition) is 5. The van der Waals surface area contributed by atoms with Gasteiger partial charge >= 0.3 is 6.09 Å². The quantitative estimate of drug-likeness (QED) is 0.824. The Hall–Kier alpha value is -2.38. The van der Waals surface area contributed by atoms with Crippen LogP contribution >= 0.6 is 0 Å². The minimum Gasteiger partial charge on any atom is -0.450 e. The van der Waals surface area contributed by atoms with Crippen molar-refractivity contribution in [3.8, 4) is 0 Å². The van der Waals surface area contributed by atoms with E-state index in [9.17, 15) is 14.4 Å². The zero-order chi connectivity index (χ0) is 15.2. The molecule has 0 saturated carbocycles. The summed E-state index contributed by atoms with van der Waals surface area (Å²) in [6.45, 7) is 3.04. The lowest BCUT2D eigenvalue weighted by molar-refractivity contribution is 0.0679. The number of alkyl carbamates (subject to hydrolysis) is 1. The van der Waals surface area contributed by atoms with Gasteiger partial charge in [0.05, 0.1) is 6.61 Å². The lowest BCUT2D eigenvalue weighted by Crippen LogP contribution is -2.50. The van der Waals surface area contributed by atoms with Gasteiger partial charge < -0.3 is 15.0 Å². The van der Waals surface area contributed by atoms with Crippen molar-refractivity contribution < 1.29 is 14.3 Å². The summed E-state index contributed by atoms with van der Waals surface area (Å²) in [4.78, 5) is 36.2. The Bertz CT molecular complexity index is 551. The third kappa shape index (κ3) is 4.04. The summed E-state index contributed by atoms with van der Waals surface area (Å²) in [7, 11) is 0. The standard InChI is InChI=1S/C13H18N4O4/c1-2-21-13(20)14-9-4-3-7-17(8-9)12(19)10-5-6-11(18)16-15-10/h5-6,9H,2-4,7-8H2,1H3,(H,14,20)(H,16,18). The average Bonchev–Trinajstić information content (AvgIpc) is 2.48.